The Morgan fingerprint density at radius 2 is 2.18 bits per heavy atom. The van der Waals surface area contributed by atoms with Gasteiger partial charge in [0.25, 0.3) is 0 Å². The number of ether oxygens (including phenoxy) is 2. The van der Waals surface area contributed by atoms with Crippen molar-refractivity contribution in [2.24, 2.45) is 0 Å². The van der Waals surface area contributed by atoms with Crippen LogP contribution in [0.5, 0.6) is 0 Å². The van der Waals surface area contributed by atoms with E-state index in [9.17, 15) is 14.4 Å². The van der Waals surface area contributed by atoms with Crippen LogP contribution in [0.15, 0.2) is 12.2 Å². The van der Waals surface area contributed by atoms with Crippen molar-refractivity contribution in [1.29, 1.82) is 0 Å². The predicted molar refractivity (Wildman–Crippen MR) is 57.7 cm³/mol. The third-order valence-electron chi connectivity index (χ3n) is 2.38. The largest absolute Gasteiger partial charge is 0.466 e. The summed E-state index contributed by atoms with van der Waals surface area (Å²) < 4.78 is 9.26. The van der Waals surface area contributed by atoms with Crippen molar-refractivity contribution in [3.05, 3.63) is 12.2 Å². The highest BCUT2D eigenvalue weighted by atomic mass is 16.5. The summed E-state index contributed by atoms with van der Waals surface area (Å²) in [6, 6.07) is 0. The second kappa shape index (κ2) is 6.03. The minimum absolute atomic E-state index is 0.0235. The molecule has 6 heteroatoms. The van der Waals surface area contributed by atoms with Gasteiger partial charge in [0.2, 0.25) is 5.91 Å². The van der Waals surface area contributed by atoms with E-state index >= 15 is 0 Å². The SMILES string of the molecule is C=C(CC(=O)OCN1CCCC1=O)C(=O)OC. The Hall–Kier alpha value is -1.85. The lowest BCUT2D eigenvalue weighted by atomic mass is 10.2. The first-order valence-corrected chi connectivity index (χ1v) is 5.24. The molecule has 1 fully saturated rings. The highest BCUT2D eigenvalue weighted by molar-refractivity contribution is 5.93. The number of hydrogen-bond donors (Lipinski definition) is 0. The van der Waals surface area contributed by atoms with Crippen LogP contribution in [0.2, 0.25) is 0 Å². The van der Waals surface area contributed by atoms with Gasteiger partial charge in [0, 0.05) is 18.5 Å². The first kappa shape index (κ1) is 13.2. The molecule has 0 radical (unpaired) electrons. The highest BCUT2D eigenvalue weighted by Crippen LogP contribution is 2.10. The molecule has 1 amide bonds. The van der Waals surface area contributed by atoms with Gasteiger partial charge in [-0.25, -0.2) is 4.79 Å². The number of hydrogen-bond acceptors (Lipinski definition) is 5. The van der Waals surface area contributed by atoms with Crippen LogP contribution in [0.25, 0.3) is 0 Å². The summed E-state index contributed by atoms with van der Waals surface area (Å²) in [5.74, 6) is -1.26. The molecule has 0 spiro atoms. The molecule has 0 atom stereocenters. The van der Waals surface area contributed by atoms with E-state index in [1.807, 2.05) is 0 Å². The first-order chi connectivity index (χ1) is 8.04. The summed E-state index contributed by atoms with van der Waals surface area (Å²) in [5, 5.41) is 0. The number of amides is 1. The topological polar surface area (TPSA) is 72.9 Å². The van der Waals surface area contributed by atoms with Crippen molar-refractivity contribution >= 4 is 17.8 Å². The molecule has 1 rings (SSSR count). The van der Waals surface area contributed by atoms with Crippen molar-refractivity contribution in [3.63, 3.8) is 0 Å². The second-order valence-electron chi connectivity index (χ2n) is 3.68. The molecule has 1 aliphatic heterocycles. The number of carbonyl (C=O) groups is 3. The molecular weight excluding hydrogens is 226 g/mol. The van der Waals surface area contributed by atoms with Crippen LogP contribution in [0, 0.1) is 0 Å². The maximum atomic E-state index is 11.3. The average molecular weight is 241 g/mol. The zero-order chi connectivity index (χ0) is 12.8. The molecule has 0 aromatic heterocycles. The summed E-state index contributed by atoms with van der Waals surface area (Å²) in [5.41, 5.74) is 0.0326. The van der Waals surface area contributed by atoms with Gasteiger partial charge in [-0.15, -0.1) is 0 Å². The molecule has 0 saturated carbocycles. The molecule has 0 aliphatic carbocycles. The Balaban J connectivity index is 2.28. The maximum Gasteiger partial charge on any atom is 0.333 e. The minimum Gasteiger partial charge on any atom is -0.466 e. The quantitative estimate of drug-likeness (QED) is 0.509. The number of methoxy groups -OCH3 is 1. The molecule has 0 bridgehead atoms. The lowest BCUT2D eigenvalue weighted by molar-refractivity contribution is -0.152. The monoisotopic (exact) mass is 241 g/mol. The molecule has 0 aromatic rings. The van der Waals surface area contributed by atoms with Crippen LogP contribution >= 0.6 is 0 Å². The third kappa shape index (κ3) is 3.90. The van der Waals surface area contributed by atoms with Crippen LogP contribution in [0.3, 0.4) is 0 Å². The molecule has 94 valence electrons. The minimum atomic E-state index is -0.640. The number of rotatable bonds is 5. The van der Waals surface area contributed by atoms with Gasteiger partial charge in [0.15, 0.2) is 6.73 Å². The van der Waals surface area contributed by atoms with Crippen molar-refractivity contribution in [3.8, 4) is 0 Å². The van der Waals surface area contributed by atoms with Gasteiger partial charge < -0.3 is 14.4 Å². The smallest absolute Gasteiger partial charge is 0.333 e. The van der Waals surface area contributed by atoms with Crippen LogP contribution in [0.1, 0.15) is 19.3 Å². The van der Waals surface area contributed by atoms with Crippen molar-refractivity contribution in [2.45, 2.75) is 19.3 Å². The highest BCUT2D eigenvalue weighted by Gasteiger charge is 2.21. The van der Waals surface area contributed by atoms with E-state index in [-0.39, 0.29) is 24.6 Å². The van der Waals surface area contributed by atoms with E-state index < -0.39 is 11.9 Å². The molecule has 0 aromatic carbocycles. The summed E-state index contributed by atoms with van der Waals surface area (Å²) in [6.45, 7) is 3.94. The third-order valence-corrected chi connectivity index (χ3v) is 2.38. The molecular formula is C11H15NO5. The van der Waals surface area contributed by atoms with Crippen LogP contribution in [0.4, 0.5) is 0 Å². The number of nitrogens with zero attached hydrogens (tertiary/aromatic N) is 1. The van der Waals surface area contributed by atoms with Gasteiger partial charge in [-0.2, -0.15) is 0 Å². The van der Waals surface area contributed by atoms with Gasteiger partial charge in [-0.1, -0.05) is 6.58 Å². The zero-order valence-electron chi connectivity index (χ0n) is 9.73. The Morgan fingerprint density at radius 1 is 1.47 bits per heavy atom. The fourth-order valence-corrected chi connectivity index (χ4v) is 1.43. The molecule has 1 heterocycles. The van der Waals surface area contributed by atoms with Crippen LogP contribution in [-0.2, 0) is 23.9 Å². The lowest BCUT2D eigenvalue weighted by Crippen LogP contribution is -2.29. The fraction of sp³-hybridized carbons (Fsp3) is 0.545. The first-order valence-electron chi connectivity index (χ1n) is 5.24. The van der Waals surface area contributed by atoms with Gasteiger partial charge in [0.1, 0.15) is 0 Å². The van der Waals surface area contributed by atoms with E-state index in [1.165, 1.54) is 12.0 Å². The summed E-state index contributed by atoms with van der Waals surface area (Å²) >= 11 is 0. The summed E-state index contributed by atoms with van der Waals surface area (Å²) in [7, 11) is 1.21. The maximum absolute atomic E-state index is 11.3. The molecule has 1 aliphatic rings. The van der Waals surface area contributed by atoms with Crippen LogP contribution in [-0.4, -0.2) is 43.1 Å². The van der Waals surface area contributed by atoms with Gasteiger partial charge in [0.05, 0.1) is 13.5 Å². The van der Waals surface area contributed by atoms with Gasteiger partial charge in [-0.3, -0.25) is 9.59 Å². The molecule has 6 nitrogen and oxygen atoms in total. The fourth-order valence-electron chi connectivity index (χ4n) is 1.43. The molecule has 0 unspecified atom stereocenters. The van der Waals surface area contributed by atoms with Crippen molar-refractivity contribution in [2.75, 3.05) is 20.4 Å². The van der Waals surface area contributed by atoms with Gasteiger partial charge >= 0.3 is 11.9 Å². The predicted octanol–water partition coefficient (Wildman–Crippen LogP) is 0.229. The molecule has 0 N–H and O–H groups in total. The molecule has 1 saturated heterocycles. The molecule has 17 heavy (non-hydrogen) atoms. The van der Waals surface area contributed by atoms with Crippen molar-refractivity contribution < 1.29 is 23.9 Å². The average Bonchev–Trinajstić information content (AvgIpc) is 2.71. The Labute approximate surface area is 99.2 Å². The van der Waals surface area contributed by atoms with Gasteiger partial charge in [-0.05, 0) is 6.42 Å². The van der Waals surface area contributed by atoms with E-state index in [1.54, 1.807) is 0 Å². The Morgan fingerprint density at radius 3 is 2.71 bits per heavy atom. The normalized spacial score (nSPS) is 14.6. The Kier molecular flexibility index (Phi) is 4.68. The number of esters is 2. The zero-order valence-corrected chi connectivity index (χ0v) is 9.73. The van der Waals surface area contributed by atoms with Crippen LogP contribution < -0.4 is 0 Å². The standard InChI is InChI=1S/C11H15NO5/c1-8(11(15)16-2)6-10(14)17-7-12-5-3-4-9(12)13/h1,3-7H2,2H3. The lowest BCUT2D eigenvalue weighted by Gasteiger charge is -2.15. The van der Waals surface area contributed by atoms with Crippen molar-refractivity contribution in [1.82, 2.24) is 4.90 Å². The second-order valence-corrected chi connectivity index (χ2v) is 3.68. The summed E-state index contributed by atoms with van der Waals surface area (Å²) in [4.78, 5) is 34.9. The Bertz CT molecular complexity index is 350. The van der Waals surface area contributed by atoms with E-state index in [0.717, 1.165) is 6.42 Å². The van der Waals surface area contributed by atoms with E-state index in [4.69, 9.17) is 4.74 Å². The number of carbonyl (C=O) groups excluding carboxylic acids is 3. The van der Waals surface area contributed by atoms with E-state index in [0.29, 0.717) is 13.0 Å². The number of likely N-dealkylation sites (tertiary alicyclic amines) is 1. The summed E-state index contributed by atoms with van der Waals surface area (Å²) in [6.07, 6.45) is 1.05. The van der Waals surface area contributed by atoms with E-state index in [2.05, 4.69) is 11.3 Å².